The first kappa shape index (κ1) is 36.5. The van der Waals surface area contributed by atoms with Gasteiger partial charge in [-0.2, -0.15) is 4.68 Å². The highest BCUT2D eigenvalue weighted by molar-refractivity contribution is 7.99. The lowest BCUT2D eigenvalue weighted by molar-refractivity contribution is -0.245. The number of rotatable bonds is 15. The Labute approximate surface area is 305 Å². The number of hydrogen-bond acceptors (Lipinski definition) is 11. The van der Waals surface area contributed by atoms with E-state index in [0.717, 1.165) is 28.8 Å². The molecule has 0 spiro atoms. The van der Waals surface area contributed by atoms with Crippen LogP contribution in [0.15, 0.2) is 102 Å². The van der Waals surface area contributed by atoms with Crippen molar-refractivity contribution in [2.75, 3.05) is 22.1 Å². The summed E-state index contributed by atoms with van der Waals surface area (Å²) < 4.78 is 14.5. The zero-order chi connectivity index (χ0) is 36.3. The third-order valence-electron chi connectivity index (χ3n) is 8.56. The van der Waals surface area contributed by atoms with Gasteiger partial charge in [0.05, 0.1) is 35.9 Å². The maximum atomic E-state index is 12.7. The van der Waals surface area contributed by atoms with E-state index >= 15 is 0 Å². The molecule has 13 nitrogen and oxygen atoms in total. The fraction of sp³-hybridized carbons (Fsp3) is 0.289. The Morgan fingerprint density at radius 1 is 0.846 bits per heavy atom. The van der Waals surface area contributed by atoms with Crippen LogP contribution in [-0.2, 0) is 25.7 Å². The van der Waals surface area contributed by atoms with Gasteiger partial charge in [-0.1, -0.05) is 66.7 Å². The molecule has 1 aliphatic rings. The van der Waals surface area contributed by atoms with E-state index in [-0.39, 0.29) is 36.4 Å². The first-order valence-electron chi connectivity index (χ1n) is 17.1. The summed E-state index contributed by atoms with van der Waals surface area (Å²) in [4.78, 5) is 24.9. The van der Waals surface area contributed by atoms with E-state index in [1.807, 2.05) is 60.7 Å². The van der Waals surface area contributed by atoms with Gasteiger partial charge in [0, 0.05) is 36.3 Å². The molecule has 3 unspecified atom stereocenters. The summed E-state index contributed by atoms with van der Waals surface area (Å²) in [5, 5.41) is 37.7. The summed E-state index contributed by atoms with van der Waals surface area (Å²) in [5.74, 6) is 0.501. The largest absolute Gasteiger partial charge is 0.508 e. The molecule has 4 aromatic carbocycles. The van der Waals surface area contributed by atoms with Crippen LogP contribution in [0.5, 0.6) is 5.75 Å². The Morgan fingerprint density at radius 3 is 2.25 bits per heavy atom. The Morgan fingerprint density at radius 2 is 1.54 bits per heavy atom. The molecule has 270 valence electrons. The molecule has 52 heavy (non-hydrogen) atoms. The van der Waals surface area contributed by atoms with Gasteiger partial charge < -0.3 is 36.1 Å². The number of phenolic OH excluding ortho intramolecular Hbond substituents is 1. The molecule has 1 aliphatic heterocycles. The quantitative estimate of drug-likeness (QED) is 0.0463. The molecule has 5 aromatic rings. The zero-order valence-corrected chi connectivity index (χ0v) is 29.2. The van der Waals surface area contributed by atoms with Crippen molar-refractivity contribution in [1.82, 2.24) is 20.2 Å². The average molecular weight is 724 g/mol. The van der Waals surface area contributed by atoms with E-state index < -0.39 is 6.29 Å². The molecule has 1 aromatic heterocycles. The van der Waals surface area contributed by atoms with E-state index in [1.54, 1.807) is 41.1 Å². The number of benzene rings is 4. The smallest absolute Gasteiger partial charge is 0.224 e. The highest BCUT2D eigenvalue weighted by atomic mass is 32.2. The molecule has 2 amide bonds. The number of carbonyl (C=O) groups is 2. The lowest BCUT2D eigenvalue weighted by atomic mass is 10.0. The van der Waals surface area contributed by atoms with Crippen LogP contribution in [0.1, 0.15) is 67.6 Å². The summed E-state index contributed by atoms with van der Waals surface area (Å²) >= 11 is 1.46. The molecule has 0 radical (unpaired) electrons. The average Bonchev–Trinajstić information content (AvgIpc) is 3.64. The van der Waals surface area contributed by atoms with Gasteiger partial charge in [0.2, 0.25) is 17.0 Å². The number of aliphatic hydroxyl groups excluding tert-OH is 1. The van der Waals surface area contributed by atoms with Crippen molar-refractivity contribution in [1.29, 1.82) is 0 Å². The minimum absolute atomic E-state index is 0.0420. The van der Waals surface area contributed by atoms with Crippen molar-refractivity contribution in [2.24, 2.45) is 0 Å². The van der Waals surface area contributed by atoms with Gasteiger partial charge in [-0.05, 0) is 82.9 Å². The van der Waals surface area contributed by atoms with E-state index in [9.17, 15) is 19.8 Å². The van der Waals surface area contributed by atoms with Gasteiger partial charge in [-0.15, -0.1) is 5.10 Å². The number of amides is 2. The van der Waals surface area contributed by atoms with Crippen LogP contribution in [0.2, 0.25) is 0 Å². The molecule has 3 atom stereocenters. The minimum atomic E-state index is -0.671. The van der Waals surface area contributed by atoms with Gasteiger partial charge in [-0.25, -0.2) is 0 Å². The number of nitrogens with zero attached hydrogens (tertiary/aromatic N) is 4. The second kappa shape index (κ2) is 17.8. The molecular weight excluding hydrogens is 683 g/mol. The number of unbranched alkanes of at least 4 members (excludes halogenated alkanes) is 2. The van der Waals surface area contributed by atoms with Crippen LogP contribution >= 0.6 is 11.8 Å². The summed E-state index contributed by atoms with van der Waals surface area (Å²) in [6, 6.07) is 28.9. The predicted molar refractivity (Wildman–Crippen MR) is 198 cm³/mol. The number of tetrazole rings is 1. The third-order valence-corrected chi connectivity index (χ3v) is 9.61. The number of nitrogens with one attached hydrogen (secondary N) is 2. The molecule has 14 heteroatoms. The number of para-hydroxylation sites is 2. The van der Waals surface area contributed by atoms with E-state index in [0.29, 0.717) is 60.1 Å². The lowest BCUT2D eigenvalue weighted by Gasteiger charge is -2.36. The van der Waals surface area contributed by atoms with Crippen molar-refractivity contribution in [3.8, 4) is 11.4 Å². The van der Waals surface area contributed by atoms with Gasteiger partial charge >= 0.3 is 0 Å². The van der Waals surface area contributed by atoms with Gasteiger partial charge in [0.15, 0.2) is 6.29 Å². The number of carbonyl (C=O) groups excluding carboxylic acids is 2. The Bertz CT molecular complexity index is 1920. The molecule has 2 heterocycles. The number of aliphatic hydroxyl groups is 1. The molecule has 6 N–H and O–H groups in total. The number of ether oxygens (including phenoxy) is 2. The normalized spacial score (nSPS) is 17.1. The Hall–Kier alpha value is -5.28. The summed E-state index contributed by atoms with van der Waals surface area (Å²) in [6.45, 7) is -0.0420. The maximum Gasteiger partial charge on any atom is 0.224 e. The number of anilines is 3. The van der Waals surface area contributed by atoms with Crippen LogP contribution in [0.3, 0.4) is 0 Å². The predicted octanol–water partition coefficient (Wildman–Crippen LogP) is 6.31. The SMILES string of the molecule is Nc1ccccc1NC(=O)CCCCCC(=O)Nc1ccc(C2OC(CSc3nnnn3-c3ccc(O)cc3)CC(c3ccc(CO)cc3)O2)cc1. The van der Waals surface area contributed by atoms with Crippen LogP contribution in [0, 0.1) is 0 Å². The number of hydrogen-bond donors (Lipinski definition) is 5. The summed E-state index contributed by atoms with van der Waals surface area (Å²) in [6.07, 6.45) is 2.20. The zero-order valence-electron chi connectivity index (χ0n) is 28.4. The molecule has 0 aliphatic carbocycles. The van der Waals surface area contributed by atoms with Crippen LogP contribution < -0.4 is 16.4 Å². The second-order valence-corrected chi connectivity index (χ2v) is 13.4. The highest BCUT2D eigenvalue weighted by Crippen LogP contribution is 2.39. The van der Waals surface area contributed by atoms with Crippen molar-refractivity contribution in [3.63, 3.8) is 0 Å². The van der Waals surface area contributed by atoms with Gasteiger partial charge in [0.1, 0.15) is 5.75 Å². The number of nitrogens with two attached hydrogens (primary N) is 1. The van der Waals surface area contributed by atoms with E-state index in [4.69, 9.17) is 15.2 Å². The number of nitrogen functional groups attached to an aromatic ring is 1. The number of phenols is 1. The molecule has 6 rings (SSSR count). The fourth-order valence-corrected chi connectivity index (χ4v) is 6.64. The summed E-state index contributed by atoms with van der Waals surface area (Å²) in [7, 11) is 0. The number of aromatic hydroxyl groups is 1. The molecular formula is C38H41N7O6S. The Balaban J connectivity index is 1.02. The monoisotopic (exact) mass is 723 g/mol. The topological polar surface area (TPSA) is 187 Å². The lowest BCUT2D eigenvalue weighted by Crippen LogP contribution is -2.31. The highest BCUT2D eigenvalue weighted by Gasteiger charge is 2.32. The maximum absolute atomic E-state index is 12.7. The Kier molecular flexibility index (Phi) is 12.5. The molecule has 1 fully saturated rings. The third kappa shape index (κ3) is 9.94. The standard InChI is InChI=1S/C38H41N7O6S/c39-32-6-4-5-7-33(32)41-36(49)9-3-1-2-8-35(48)40-28-16-14-27(15-17-28)37-50-31(22-34(51-37)26-12-10-25(23-46)11-13-26)24-52-38-42-43-44-45(38)29-18-20-30(47)21-19-29/h4-7,10-21,31,34,37,46-47H,1-3,8-9,22-24,39H2,(H,40,48)(H,41,49). The number of aromatic nitrogens is 4. The van der Waals surface area contributed by atoms with Crippen molar-refractivity contribution in [2.45, 2.75) is 68.8 Å². The summed E-state index contributed by atoms with van der Waals surface area (Å²) in [5.41, 5.74) is 11.0. The van der Waals surface area contributed by atoms with Crippen molar-refractivity contribution < 1.29 is 29.3 Å². The van der Waals surface area contributed by atoms with Crippen LogP contribution in [0.4, 0.5) is 17.1 Å². The van der Waals surface area contributed by atoms with Gasteiger partial charge in [0.25, 0.3) is 0 Å². The number of thioether (sulfide) groups is 1. The van der Waals surface area contributed by atoms with Crippen LogP contribution in [0.25, 0.3) is 5.69 Å². The second-order valence-electron chi connectivity index (χ2n) is 12.4. The molecule has 1 saturated heterocycles. The van der Waals surface area contributed by atoms with Crippen molar-refractivity contribution >= 4 is 40.6 Å². The van der Waals surface area contributed by atoms with Gasteiger partial charge in [-0.3, -0.25) is 9.59 Å². The minimum Gasteiger partial charge on any atom is -0.508 e. The first-order valence-corrected chi connectivity index (χ1v) is 18.1. The van der Waals surface area contributed by atoms with E-state index in [1.165, 1.54) is 11.8 Å². The molecule has 0 bridgehead atoms. The fourth-order valence-electron chi connectivity index (χ4n) is 5.73. The van der Waals surface area contributed by atoms with E-state index in [2.05, 4.69) is 26.2 Å². The van der Waals surface area contributed by atoms with Crippen molar-refractivity contribution in [3.05, 3.63) is 114 Å². The molecule has 0 saturated carbocycles. The first-order chi connectivity index (χ1) is 25.3. The van der Waals surface area contributed by atoms with Crippen LogP contribution in [-0.4, -0.2) is 54.1 Å².